The van der Waals surface area contributed by atoms with Crippen molar-refractivity contribution in [3.8, 4) is 17.2 Å². The summed E-state index contributed by atoms with van der Waals surface area (Å²) in [5, 5.41) is 24.6. The van der Waals surface area contributed by atoms with E-state index in [-0.39, 0.29) is 17.9 Å². The van der Waals surface area contributed by atoms with Crippen LogP contribution in [0.25, 0.3) is 0 Å². The highest BCUT2D eigenvalue weighted by Crippen LogP contribution is 2.33. The lowest BCUT2D eigenvalue weighted by Gasteiger charge is -2.09. The molecule has 0 atom stereocenters. The number of hydrogen-bond acceptors (Lipinski definition) is 7. The van der Waals surface area contributed by atoms with Crippen molar-refractivity contribution >= 4 is 17.8 Å². The molecule has 2 rings (SSSR count). The van der Waals surface area contributed by atoms with Gasteiger partial charge in [-0.25, -0.2) is 5.43 Å². The van der Waals surface area contributed by atoms with Gasteiger partial charge in [-0.2, -0.15) is 5.10 Å². The van der Waals surface area contributed by atoms with Crippen LogP contribution in [0.4, 0.5) is 5.69 Å². The zero-order valence-corrected chi connectivity index (χ0v) is 15.1. The van der Waals surface area contributed by atoms with Crippen LogP contribution in [0.3, 0.4) is 0 Å². The number of nitrogens with zero attached hydrogens (tertiary/aromatic N) is 2. The van der Waals surface area contributed by atoms with Crippen LogP contribution in [-0.2, 0) is 11.2 Å². The molecule has 0 unspecified atom stereocenters. The SMILES string of the molecule is C=CCc1ccccc1OCC(=O)N/N=C\c1cc(OC)cc([N+](=O)[O-])c1O. The van der Waals surface area contributed by atoms with Crippen molar-refractivity contribution in [2.45, 2.75) is 6.42 Å². The number of nitro benzene ring substituents is 1. The van der Waals surface area contributed by atoms with Crippen molar-refractivity contribution in [2.75, 3.05) is 13.7 Å². The molecule has 9 nitrogen and oxygen atoms in total. The number of rotatable bonds is 9. The molecule has 9 heteroatoms. The van der Waals surface area contributed by atoms with Gasteiger partial charge in [0.05, 0.1) is 24.3 Å². The van der Waals surface area contributed by atoms with Crippen molar-refractivity contribution in [1.82, 2.24) is 5.43 Å². The fourth-order valence-corrected chi connectivity index (χ4v) is 2.29. The number of amides is 1. The van der Waals surface area contributed by atoms with Gasteiger partial charge in [0, 0.05) is 5.56 Å². The fraction of sp³-hybridized carbons (Fsp3) is 0.158. The van der Waals surface area contributed by atoms with Gasteiger partial charge >= 0.3 is 5.69 Å². The third kappa shape index (κ3) is 5.31. The molecule has 0 saturated carbocycles. The van der Waals surface area contributed by atoms with E-state index in [0.29, 0.717) is 12.2 Å². The Balaban J connectivity index is 2.01. The number of nitro groups is 1. The van der Waals surface area contributed by atoms with E-state index in [1.165, 1.54) is 13.2 Å². The number of phenols is 1. The predicted octanol–water partition coefficient (Wildman–Crippen LogP) is 2.57. The van der Waals surface area contributed by atoms with Crippen molar-refractivity contribution in [2.24, 2.45) is 5.10 Å². The van der Waals surface area contributed by atoms with E-state index in [2.05, 4.69) is 17.1 Å². The molecule has 2 aromatic carbocycles. The van der Waals surface area contributed by atoms with E-state index in [4.69, 9.17) is 9.47 Å². The number of hydrogen-bond donors (Lipinski definition) is 2. The van der Waals surface area contributed by atoms with E-state index in [1.54, 1.807) is 18.2 Å². The molecule has 2 N–H and O–H groups in total. The molecule has 0 aliphatic carbocycles. The Morgan fingerprint density at radius 3 is 2.82 bits per heavy atom. The van der Waals surface area contributed by atoms with E-state index in [9.17, 15) is 20.0 Å². The van der Waals surface area contributed by atoms with Crippen molar-refractivity contribution < 1.29 is 24.3 Å². The molecule has 1 amide bonds. The average molecular weight is 385 g/mol. The Morgan fingerprint density at radius 1 is 1.39 bits per heavy atom. The molecular formula is C19H19N3O6. The van der Waals surface area contributed by atoms with Crippen LogP contribution in [-0.4, -0.2) is 35.9 Å². The smallest absolute Gasteiger partial charge is 0.315 e. The zero-order valence-electron chi connectivity index (χ0n) is 15.1. The first kappa shape index (κ1) is 20.4. The van der Waals surface area contributed by atoms with Gasteiger partial charge in [0.2, 0.25) is 5.75 Å². The number of nitrogens with one attached hydrogen (secondary N) is 1. The van der Waals surface area contributed by atoms with Gasteiger partial charge in [0.25, 0.3) is 5.91 Å². The second kappa shape index (κ2) is 9.72. The molecule has 0 spiro atoms. The van der Waals surface area contributed by atoms with Crippen LogP contribution in [0.5, 0.6) is 17.2 Å². The number of aromatic hydroxyl groups is 1. The van der Waals surface area contributed by atoms with E-state index in [1.807, 2.05) is 12.1 Å². The summed E-state index contributed by atoms with van der Waals surface area (Å²) in [6.07, 6.45) is 3.41. The Kier molecular flexibility index (Phi) is 7.09. The summed E-state index contributed by atoms with van der Waals surface area (Å²) in [6.45, 7) is 3.39. The number of carbonyl (C=O) groups is 1. The maximum absolute atomic E-state index is 11.9. The first-order chi connectivity index (χ1) is 13.5. The number of methoxy groups -OCH3 is 1. The highest BCUT2D eigenvalue weighted by atomic mass is 16.6. The third-order valence-corrected chi connectivity index (χ3v) is 3.61. The quantitative estimate of drug-likeness (QED) is 0.296. The second-order valence-corrected chi connectivity index (χ2v) is 5.52. The van der Waals surface area contributed by atoms with E-state index >= 15 is 0 Å². The summed E-state index contributed by atoms with van der Waals surface area (Å²) < 4.78 is 10.4. The summed E-state index contributed by atoms with van der Waals surface area (Å²) in [4.78, 5) is 22.1. The third-order valence-electron chi connectivity index (χ3n) is 3.61. The minimum absolute atomic E-state index is 0.0172. The van der Waals surface area contributed by atoms with Gasteiger partial charge in [-0.3, -0.25) is 14.9 Å². The van der Waals surface area contributed by atoms with Crippen LogP contribution < -0.4 is 14.9 Å². The Morgan fingerprint density at radius 2 is 2.14 bits per heavy atom. The molecule has 0 fully saturated rings. The number of benzene rings is 2. The lowest BCUT2D eigenvalue weighted by atomic mass is 10.1. The molecule has 0 bridgehead atoms. The van der Waals surface area contributed by atoms with E-state index in [0.717, 1.165) is 17.8 Å². The molecule has 28 heavy (non-hydrogen) atoms. The van der Waals surface area contributed by atoms with Gasteiger partial charge in [0.1, 0.15) is 11.5 Å². The maximum Gasteiger partial charge on any atom is 0.315 e. The summed E-state index contributed by atoms with van der Waals surface area (Å²) >= 11 is 0. The number of hydrazone groups is 1. The summed E-state index contributed by atoms with van der Waals surface area (Å²) in [6, 6.07) is 9.68. The Bertz CT molecular complexity index is 911. The standard InChI is InChI=1S/C19H19N3O6/c1-3-6-13-7-4-5-8-17(13)28-12-18(23)21-20-11-14-9-15(27-2)10-16(19(14)24)22(25)26/h3-5,7-11,24H,1,6,12H2,2H3,(H,21,23)/b20-11-. The van der Waals surface area contributed by atoms with Crippen molar-refractivity contribution in [1.29, 1.82) is 0 Å². The maximum atomic E-state index is 11.9. The van der Waals surface area contributed by atoms with Crippen LogP contribution in [0.2, 0.25) is 0 Å². The molecule has 0 aliphatic heterocycles. The number of para-hydroxylation sites is 1. The molecule has 146 valence electrons. The highest BCUT2D eigenvalue weighted by Gasteiger charge is 2.18. The number of allylic oxidation sites excluding steroid dienone is 1. The van der Waals surface area contributed by atoms with Gasteiger partial charge < -0.3 is 14.6 Å². The second-order valence-electron chi connectivity index (χ2n) is 5.52. The van der Waals surface area contributed by atoms with Gasteiger partial charge in [-0.05, 0) is 24.1 Å². The normalized spacial score (nSPS) is 10.5. The monoisotopic (exact) mass is 385 g/mol. The summed E-state index contributed by atoms with van der Waals surface area (Å²) in [7, 11) is 1.33. The van der Waals surface area contributed by atoms with Crippen LogP contribution in [0.1, 0.15) is 11.1 Å². The summed E-state index contributed by atoms with van der Waals surface area (Å²) in [5.74, 6) is -0.401. The van der Waals surface area contributed by atoms with Gasteiger partial charge in [0.15, 0.2) is 6.61 Å². The molecule has 2 aromatic rings. The van der Waals surface area contributed by atoms with E-state index < -0.39 is 22.3 Å². The number of carbonyl (C=O) groups excluding carboxylic acids is 1. The van der Waals surface area contributed by atoms with Gasteiger partial charge in [-0.15, -0.1) is 6.58 Å². The lowest BCUT2D eigenvalue weighted by Crippen LogP contribution is -2.24. The first-order valence-corrected chi connectivity index (χ1v) is 8.15. The number of phenolic OH excluding ortho intramolecular Hbond substituents is 1. The predicted molar refractivity (Wildman–Crippen MR) is 103 cm³/mol. The zero-order chi connectivity index (χ0) is 20.5. The lowest BCUT2D eigenvalue weighted by molar-refractivity contribution is -0.385. The highest BCUT2D eigenvalue weighted by molar-refractivity contribution is 5.88. The topological polar surface area (TPSA) is 123 Å². The molecule has 0 aromatic heterocycles. The summed E-state index contributed by atoms with van der Waals surface area (Å²) in [5.41, 5.74) is 2.61. The van der Waals surface area contributed by atoms with Crippen molar-refractivity contribution in [3.63, 3.8) is 0 Å². The van der Waals surface area contributed by atoms with Crippen LogP contribution in [0.15, 0.2) is 54.2 Å². The number of ether oxygens (including phenoxy) is 2. The van der Waals surface area contributed by atoms with Gasteiger partial charge in [-0.1, -0.05) is 24.3 Å². The minimum atomic E-state index is -0.748. The molecular weight excluding hydrogens is 366 g/mol. The molecule has 0 saturated heterocycles. The molecule has 0 radical (unpaired) electrons. The first-order valence-electron chi connectivity index (χ1n) is 8.15. The molecule has 0 heterocycles. The fourth-order valence-electron chi connectivity index (χ4n) is 2.29. The van der Waals surface area contributed by atoms with Crippen LogP contribution >= 0.6 is 0 Å². The van der Waals surface area contributed by atoms with Crippen LogP contribution in [0, 0.1) is 10.1 Å². The largest absolute Gasteiger partial charge is 0.502 e. The van der Waals surface area contributed by atoms with Crippen molar-refractivity contribution in [3.05, 3.63) is 70.3 Å². The Labute approximate surface area is 161 Å². The molecule has 0 aliphatic rings. The minimum Gasteiger partial charge on any atom is -0.502 e. The average Bonchev–Trinajstić information content (AvgIpc) is 2.68. The Hall–Kier alpha value is -3.88.